The van der Waals surface area contributed by atoms with Gasteiger partial charge in [-0.25, -0.2) is 4.98 Å². The zero-order valence-electron chi connectivity index (χ0n) is 18.2. The summed E-state index contributed by atoms with van der Waals surface area (Å²) in [7, 11) is 0. The number of fused-ring (bicyclic) bond motifs is 1. The van der Waals surface area contributed by atoms with Crippen molar-refractivity contribution in [1.29, 1.82) is 0 Å². The number of nitrogens with one attached hydrogen (secondary N) is 2. The van der Waals surface area contributed by atoms with Crippen molar-refractivity contribution < 1.29 is 4.79 Å². The van der Waals surface area contributed by atoms with E-state index in [9.17, 15) is 4.79 Å². The summed E-state index contributed by atoms with van der Waals surface area (Å²) in [5, 5.41) is 4.09. The highest BCUT2D eigenvalue weighted by molar-refractivity contribution is 5.88. The normalized spacial score (nSPS) is 16.1. The van der Waals surface area contributed by atoms with Gasteiger partial charge < -0.3 is 10.3 Å². The molecule has 1 aliphatic rings. The summed E-state index contributed by atoms with van der Waals surface area (Å²) in [6.07, 6.45) is 8.62. The number of amides is 1. The third kappa shape index (κ3) is 4.04. The maximum atomic E-state index is 11.3. The van der Waals surface area contributed by atoms with Gasteiger partial charge in [0.1, 0.15) is 0 Å². The van der Waals surface area contributed by atoms with Gasteiger partial charge in [-0.15, -0.1) is 0 Å². The van der Waals surface area contributed by atoms with Gasteiger partial charge in [0.05, 0.1) is 28.9 Å². The number of pyridine rings is 2. The highest BCUT2D eigenvalue weighted by Gasteiger charge is 2.17. The zero-order chi connectivity index (χ0) is 22.1. The molecule has 5 rings (SSSR count). The molecule has 4 aromatic rings. The van der Waals surface area contributed by atoms with Crippen LogP contribution in [0.5, 0.6) is 0 Å². The second-order valence-corrected chi connectivity index (χ2v) is 8.32. The number of nitrogens with zero attached hydrogens (tertiary/aromatic N) is 3. The Morgan fingerprint density at radius 3 is 2.78 bits per heavy atom. The quantitative estimate of drug-likeness (QED) is 0.480. The van der Waals surface area contributed by atoms with Gasteiger partial charge in [0.15, 0.2) is 0 Å². The van der Waals surface area contributed by atoms with Crippen LogP contribution < -0.4 is 5.32 Å². The molecule has 3 heterocycles. The number of benzene rings is 1. The highest BCUT2D eigenvalue weighted by atomic mass is 16.1. The van der Waals surface area contributed by atoms with Crippen LogP contribution >= 0.6 is 0 Å². The van der Waals surface area contributed by atoms with Crippen molar-refractivity contribution in [3.8, 4) is 22.6 Å². The summed E-state index contributed by atoms with van der Waals surface area (Å²) >= 11 is 0. The molecule has 6 nitrogen and oxygen atoms in total. The molecule has 0 fully saturated rings. The zero-order valence-corrected chi connectivity index (χ0v) is 18.2. The minimum Gasteiger partial charge on any atom is -0.353 e. The molecule has 1 aliphatic carbocycles. The van der Waals surface area contributed by atoms with Crippen LogP contribution in [0.2, 0.25) is 0 Å². The second kappa shape index (κ2) is 8.38. The van der Waals surface area contributed by atoms with Crippen molar-refractivity contribution in [3.63, 3.8) is 0 Å². The van der Waals surface area contributed by atoms with E-state index in [4.69, 9.17) is 0 Å². The first-order valence-electron chi connectivity index (χ1n) is 10.9. The maximum absolute atomic E-state index is 11.3. The van der Waals surface area contributed by atoms with Gasteiger partial charge in [-0.2, -0.15) is 0 Å². The Hall–Kier alpha value is -3.80. The fraction of sp³-hybridized carbons (Fsp3) is 0.231. The topological polar surface area (TPSA) is 83.6 Å². The molecule has 0 aliphatic heterocycles. The van der Waals surface area contributed by atoms with E-state index in [-0.39, 0.29) is 11.9 Å². The molecule has 0 bridgehead atoms. The van der Waals surface area contributed by atoms with Gasteiger partial charge in [0.2, 0.25) is 5.91 Å². The van der Waals surface area contributed by atoms with Crippen LogP contribution in [-0.2, 0) is 4.79 Å². The maximum Gasteiger partial charge on any atom is 0.217 e. The Balaban J connectivity index is 1.47. The second-order valence-electron chi connectivity index (χ2n) is 8.32. The van der Waals surface area contributed by atoms with E-state index < -0.39 is 0 Å². The van der Waals surface area contributed by atoms with Crippen LogP contribution in [0.1, 0.15) is 37.4 Å². The van der Waals surface area contributed by atoms with Crippen LogP contribution in [-0.4, -0.2) is 31.9 Å². The summed E-state index contributed by atoms with van der Waals surface area (Å²) in [4.78, 5) is 28.5. The minimum absolute atomic E-state index is 0.0327. The molecule has 3 aromatic heterocycles. The first-order valence-corrected chi connectivity index (χ1v) is 10.9. The Morgan fingerprint density at radius 1 is 1.12 bits per heavy atom. The fourth-order valence-electron chi connectivity index (χ4n) is 4.36. The lowest BCUT2D eigenvalue weighted by atomic mass is 9.90. The number of rotatable bonds is 4. The summed E-state index contributed by atoms with van der Waals surface area (Å²) in [6, 6.07) is 14.7. The van der Waals surface area contributed by atoms with Crippen LogP contribution in [0, 0.1) is 6.92 Å². The smallest absolute Gasteiger partial charge is 0.217 e. The van der Waals surface area contributed by atoms with E-state index in [1.54, 1.807) is 13.3 Å². The van der Waals surface area contributed by atoms with Gasteiger partial charge in [0, 0.05) is 35.8 Å². The van der Waals surface area contributed by atoms with Crippen LogP contribution in [0.4, 0.5) is 0 Å². The van der Waals surface area contributed by atoms with E-state index in [1.807, 2.05) is 37.4 Å². The number of hydrogen-bond donors (Lipinski definition) is 2. The van der Waals surface area contributed by atoms with Gasteiger partial charge in [0.25, 0.3) is 0 Å². The third-order valence-corrected chi connectivity index (χ3v) is 5.93. The third-order valence-electron chi connectivity index (χ3n) is 5.93. The van der Waals surface area contributed by atoms with E-state index in [1.165, 1.54) is 5.57 Å². The lowest BCUT2D eigenvalue weighted by molar-refractivity contribution is -0.119. The van der Waals surface area contributed by atoms with E-state index in [0.29, 0.717) is 0 Å². The first kappa shape index (κ1) is 20.1. The monoisotopic (exact) mass is 423 g/mol. The van der Waals surface area contributed by atoms with Crippen LogP contribution in [0.15, 0.2) is 61.1 Å². The minimum atomic E-state index is 0.0327. The van der Waals surface area contributed by atoms with Crippen molar-refractivity contribution in [2.45, 2.75) is 39.2 Å². The Morgan fingerprint density at radius 2 is 2.00 bits per heavy atom. The molecule has 160 valence electrons. The van der Waals surface area contributed by atoms with Gasteiger partial charge >= 0.3 is 0 Å². The van der Waals surface area contributed by atoms with Gasteiger partial charge in [-0.05, 0) is 67.7 Å². The summed E-state index contributed by atoms with van der Waals surface area (Å²) in [5.74, 6) is 0.0327. The molecular formula is C26H25N5O. The van der Waals surface area contributed by atoms with Crippen LogP contribution in [0.3, 0.4) is 0 Å². The van der Waals surface area contributed by atoms with Gasteiger partial charge in [-0.3, -0.25) is 14.8 Å². The van der Waals surface area contributed by atoms with Crippen molar-refractivity contribution >= 4 is 22.4 Å². The number of carbonyl (C=O) groups is 1. The predicted molar refractivity (Wildman–Crippen MR) is 127 cm³/mol. The van der Waals surface area contributed by atoms with Crippen LogP contribution in [0.25, 0.3) is 39.1 Å². The SMILES string of the molecule is CC(=O)N[C@H]1CC=C(c2cnc3ccc(-c4nc[nH]c4-c4cccc(C)n4)cc3c2)CC1. The molecule has 6 heteroatoms. The summed E-state index contributed by atoms with van der Waals surface area (Å²) in [6.45, 7) is 3.56. The average Bonchev–Trinajstić information content (AvgIpc) is 3.28. The Labute approximate surface area is 186 Å². The van der Waals surface area contributed by atoms with Crippen molar-refractivity contribution in [3.05, 3.63) is 72.3 Å². The van der Waals surface area contributed by atoms with E-state index in [0.717, 1.165) is 64.1 Å². The number of imidazole rings is 1. The summed E-state index contributed by atoms with van der Waals surface area (Å²) in [5.41, 5.74) is 8.05. The number of aryl methyl sites for hydroxylation is 1. The standard InChI is InChI=1S/C26H25N5O/c1-16-4-3-5-24(30-16)26-25(28-15-29-26)19-8-11-23-20(12-19)13-21(14-27-23)18-6-9-22(10-7-18)31-17(2)32/h3-6,8,11-15,22H,7,9-10H2,1-2H3,(H,28,29)(H,31,32)/t22-/m0/s1. The number of aromatic amines is 1. The lowest BCUT2D eigenvalue weighted by Gasteiger charge is -2.22. The average molecular weight is 424 g/mol. The summed E-state index contributed by atoms with van der Waals surface area (Å²) < 4.78 is 0. The van der Waals surface area contributed by atoms with Gasteiger partial charge in [-0.1, -0.05) is 18.2 Å². The molecule has 0 spiro atoms. The fourth-order valence-corrected chi connectivity index (χ4v) is 4.36. The van der Waals surface area contributed by atoms with Crippen molar-refractivity contribution in [1.82, 2.24) is 25.3 Å². The molecule has 32 heavy (non-hydrogen) atoms. The lowest BCUT2D eigenvalue weighted by Crippen LogP contribution is -2.33. The molecule has 0 radical (unpaired) electrons. The van der Waals surface area contributed by atoms with Crippen molar-refractivity contribution in [2.24, 2.45) is 0 Å². The number of aromatic nitrogens is 4. The first-order chi connectivity index (χ1) is 15.6. The number of carbonyl (C=O) groups excluding carboxylic acids is 1. The molecule has 2 N–H and O–H groups in total. The van der Waals surface area contributed by atoms with Crippen molar-refractivity contribution in [2.75, 3.05) is 0 Å². The van der Waals surface area contributed by atoms with E-state index in [2.05, 4.69) is 49.5 Å². The molecular weight excluding hydrogens is 398 g/mol. The Bertz CT molecular complexity index is 1340. The largest absolute Gasteiger partial charge is 0.353 e. The van der Waals surface area contributed by atoms with E-state index >= 15 is 0 Å². The molecule has 1 atom stereocenters. The molecule has 0 saturated carbocycles. The number of hydrogen-bond acceptors (Lipinski definition) is 4. The Kier molecular flexibility index (Phi) is 5.27. The molecule has 0 saturated heterocycles. The molecule has 1 amide bonds. The predicted octanol–water partition coefficient (Wildman–Crippen LogP) is 5.07. The number of H-pyrrole nitrogens is 1. The number of allylic oxidation sites excluding steroid dienone is 1. The molecule has 0 unspecified atom stereocenters. The molecule has 1 aromatic carbocycles. The highest BCUT2D eigenvalue weighted by Crippen LogP contribution is 2.32.